The van der Waals surface area contributed by atoms with Gasteiger partial charge in [-0.25, -0.2) is 9.97 Å². The van der Waals surface area contributed by atoms with Crippen LogP contribution in [-0.2, 0) is 0 Å². The number of β-amino-alcohol motifs (C(OH)–C–C–N with tert-alkyl or cyclic N) is 1. The van der Waals surface area contributed by atoms with Crippen LogP contribution in [0, 0.1) is 0 Å². The van der Waals surface area contributed by atoms with Crippen LogP contribution in [0.2, 0.25) is 0 Å². The van der Waals surface area contributed by atoms with Crippen molar-refractivity contribution < 1.29 is 9.90 Å². The Morgan fingerprint density at radius 3 is 2.52 bits per heavy atom. The first kappa shape index (κ1) is 17.9. The van der Waals surface area contributed by atoms with Crippen molar-refractivity contribution in [2.75, 3.05) is 31.9 Å². The molecular formula is C20H25N5O2. The topological polar surface area (TPSA) is 95.6 Å². The molecule has 2 aliphatic heterocycles. The molecule has 142 valence electrons. The van der Waals surface area contributed by atoms with E-state index >= 15 is 0 Å². The average molecular weight is 367 g/mol. The number of nitrogens with two attached hydrogens (primary N) is 1. The molecule has 0 radical (unpaired) electrons. The summed E-state index contributed by atoms with van der Waals surface area (Å²) in [5.74, 6) is 0.372. The molecule has 0 spiro atoms. The molecule has 3 N–H and O–H groups in total. The number of rotatable bonds is 3. The molecule has 4 rings (SSSR count). The Balaban J connectivity index is 1.45. The zero-order valence-electron chi connectivity index (χ0n) is 15.3. The summed E-state index contributed by atoms with van der Waals surface area (Å²) in [6.07, 6.45) is 4.55. The van der Waals surface area contributed by atoms with Crippen molar-refractivity contribution in [1.29, 1.82) is 0 Å². The number of anilines is 1. The van der Waals surface area contributed by atoms with Gasteiger partial charge in [0.15, 0.2) is 0 Å². The molecule has 2 unspecified atom stereocenters. The number of aliphatic hydroxyl groups is 1. The van der Waals surface area contributed by atoms with Crippen molar-refractivity contribution in [3.8, 4) is 11.3 Å². The summed E-state index contributed by atoms with van der Waals surface area (Å²) < 4.78 is 0. The third-order valence-corrected chi connectivity index (χ3v) is 5.52. The molecule has 2 aliphatic rings. The number of piperidine rings is 1. The SMILES string of the molecule is Nc1cc(-c2ccc(C(=O)N3CC(O)C(N4CCCCC4)C3)cc2)ncn1. The molecule has 1 aromatic carbocycles. The number of carbonyl (C=O) groups is 1. The summed E-state index contributed by atoms with van der Waals surface area (Å²) >= 11 is 0. The van der Waals surface area contributed by atoms with E-state index in [0.29, 0.717) is 24.5 Å². The summed E-state index contributed by atoms with van der Waals surface area (Å²) in [4.78, 5) is 25.1. The summed E-state index contributed by atoms with van der Waals surface area (Å²) in [6.45, 7) is 3.01. The number of nitrogen functional groups attached to an aromatic ring is 1. The minimum atomic E-state index is -0.477. The van der Waals surface area contributed by atoms with Crippen LogP contribution in [0.5, 0.6) is 0 Å². The maximum Gasteiger partial charge on any atom is 0.253 e. The Hall–Kier alpha value is -2.51. The number of aromatic nitrogens is 2. The molecule has 7 heteroatoms. The van der Waals surface area contributed by atoms with Gasteiger partial charge in [0.25, 0.3) is 5.91 Å². The molecule has 2 saturated heterocycles. The van der Waals surface area contributed by atoms with Crippen molar-refractivity contribution in [1.82, 2.24) is 19.8 Å². The normalized spacial score (nSPS) is 23.5. The van der Waals surface area contributed by atoms with Crippen LogP contribution in [0.3, 0.4) is 0 Å². The molecule has 2 fully saturated rings. The highest BCUT2D eigenvalue weighted by Crippen LogP contribution is 2.23. The lowest BCUT2D eigenvalue weighted by Crippen LogP contribution is -2.46. The van der Waals surface area contributed by atoms with Crippen molar-refractivity contribution in [2.45, 2.75) is 31.4 Å². The Bertz CT molecular complexity index is 804. The van der Waals surface area contributed by atoms with Crippen molar-refractivity contribution >= 4 is 11.7 Å². The lowest BCUT2D eigenvalue weighted by Gasteiger charge is -2.33. The van der Waals surface area contributed by atoms with Gasteiger partial charge in [-0.15, -0.1) is 0 Å². The smallest absolute Gasteiger partial charge is 0.253 e. The Morgan fingerprint density at radius 1 is 1.07 bits per heavy atom. The fourth-order valence-electron chi connectivity index (χ4n) is 4.04. The first-order chi connectivity index (χ1) is 13.1. The second kappa shape index (κ2) is 7.62. The summed E-state index contributed by atoms with van der Waals surface area (Å²) in [6, 6.07) is 9.09. The number of benzene rings is 1. The molecule has 2 aromatic rings. The molecule has 7 nitrogen and oxygen atoms in total. The molecule has 0 bridgehead atoms. The molecule has 2 atom stereocenters. The highest BCUT2D eigenvalue weighted by atomic mass is 16.3. The number of carbonyl (C=O) groups excluding carboxylic acids is 1. The lowest BCUT2D eigenvalue weighted by atomic mass is 10.1. The van der Waals surface area contributed by atoms with E-state index in [2.05, 4.69) is 14.9 Å². The minimum absolute atomic E-state index is 0.0395. The quantitative estimate of drug-likeness (QED) is 0.851. The highest BCUT2D eigenvalue weighted by Gasteiger charge is 2.38. The fraction of sp³-hybridized carbons (Fsp3) is 0.450. The van der Waals surface area contributed by atoms with Gasteiger partial charge in [0.2, 0.25) is 0 Å². The van der Waals surface area contributed by atoms with Gasteiger partial charge in [-0.05, 0) is 38.1 Å². The zero-order valence-corrected chi connectivity index (χ0v) is 15.3. The monoisotopic (exact) mass is 367 g/mol. The molecular weight excluding hydrogens is 342 g/mol. The molecule has 0 saturated carbocycles. The van der Waals surface area contributed by atoms with Gasteiger partial charge < -0.3 is 15.7 Å². The number of hydrogen-bond donors (Lipinski definition) is 2. The van der Waals surface area contributed by atoms with Crippen LogP contribution >= 0.6 is 0 Å². The van der Waals surface area contributed by atoms with Crippen LogP contribution in [0.25, 0.3) is 11.3 Å². The molecule has 1 amide bonds. The van der Waals surface area contributed by atoms with Gasteiger partial charge in [0, 0.05) is 30.3 Å². The Labute approximate surface area is 158 Å². The van der Waals surface area contributed by atoms with Crippen molar-refractivity contribution in [2.24, 2.45) is 0 Å². The summed E-state index contributed by atoms with van der Waals surface area (Å²) in [7, 11) is 0. The van der Waals surface area contributed by atoms with E-state index in [1.54, 1.807) is 23.1 Å². The van der Waals surface area contributed by atoms with E-state index in [4.69, 9.17) is 5.73 Å². The van der Waals surface area contributed by atoms with E-state index in [-0.39, 0.29) is 11.9 Å². The number of nitrogens with zero attached hydrogens (tertiary/aromatic N) is 4. The summed E-state index contributed by atoms with van der Waals surface area (Å²) in [5.41, 5.74) is 7.93. The standard InChI is InChI=1S/C20H25N5O2/c21-19-10-16(22-13-23-19)14-4-6-15(7-5-14)20(27)25-11-17(18(26)12-25)24-8-2-1-3-9-24/h4-7,10,13,17-18,26H,1-3,8-9,11-12H2,(H2,21,22,23). The van der Waals surface area contributed by atoms with Crippen molar-refractivity contribution in [3.05, 3.63) is 42.2 Å². The molecule has 3 heterocycles. The largest absolute Gasteiger partial charge is 0.390 e. The molecule has 1 aromatic heterocycles. The number of hydrogen-bond acceptors (Lipinski definition) is 6. The Kier molecular flexibility index (Phi) is 5.05. The first-order valence-electron chi connectivity index (χ1n) is 9.51. The van der Waals surface area contributed by atoms with E-state index in [1.165, 1.54) is 25.6 Å². The fourth-order valence-corrected chi connectivity index (χ4v) is 4.04. The second-order valence-corrected chi connectivity index (χ2v) is 7.35. The van der Waals surface area contributed by atoms with Crippen LogP contribution in [0.4, 0.5) is 5.82 Å². The maximum atomic E-state index is 12.9. The third-order valence-electron chi connectivity index (χ3n) is 5.52. The third kappa shape index (κ3) is 3.79. The minimum Gasteiger partial charge on any atom is -0.390 e. The number of aliphatic hydroxyl groups excluding tert-OH is 1. The zero-order chi connectivity index (χ0) is 18.8. The van der Waals surface area contributed by atoms with Gasteiger partial charge in [-0.2, -0.15) is 0 Å². The van der Waals surface area contributed by atoms with Crippen LogP contribution < -0.4 is 5.73 Å². The van der Waals surface area contributed by atoms with Gasteiger partial charge in [0.05, 0.1) is 17.8 Å². The summed E-state index contributed by atoms with van der Waals surface area (Å²) in [5, 5.41) is 10.5. The van der Waals surface area contributed by atoms with E-state index in [0.717, 1.165) is 24.3 Å². The van der Waals surface area contributed by atoms with Gasteiger partial charge in [-0.3, -0.25) is 9.69 Å². The van der Waals surface area contributed by atoms with E-state index in [9.17, 15) is 9.90 Å². The maximum absolute atomic E-state index is 12.9. The van der Waals surface area contributed by atoms with Gasteiger partial charge in [-0.1, -0.05) is 18.6 Å². The van der Waals surface area contributed by atoms with E-state index in [1.807, 2.05) is 12.1 Å². The number of amides is 1. The van der Waals surface area contributed by atoms with Crippen LogP contribution in [0.1, 0.15) is 29.6 Å². The molecule has 27 heavy (non-hydrogen) atoms. The lowest BCUT2D eigenvalue weighted by molar-refractivity contribution is 0.0702. The predicted molar refractivity (Wildman–Crippen MR) is 103 cm³/mol. The van der Waals surface area contributed by atoms with E-state index < -0.39 is 6.10 Å². The Morgan fingerprint density at radius 2 is 1.81 bits per heavy atom. The first-order valence-corrected chi connectivity index (χ1v) is 9.51. The number of likely N-dealkylation sites (tertiary alicyclic amines) is 2. The van der Waals surface area contributed by atoms with Gasteiger partial charge >= 0.3 is 0 Å². The van der Waals surface area contributed by atoms with Crippen LogP contribution in [-0.4, -0.2) is 69.1 Å². The highest BCUT2D eigenvalue weighted by molar-refractivity contribution is 5.95. The predicted octanol–water partition coefficient (Wildman–Crippen LogP) is 1.40. The van der Waals surface area contributed by atoms with Crippen LogP contribution in [0.15, 0.2) is 36.7 Å². The van der Waals surface area contributed by atoms with Gasteiger partial charge in [0.1, 0.15) is 12.1 Å². The second-order valence-electron chi connectivity index (χ2n) is 7.35. The average Bonchev–Trinajstić information content (AvgIpc) is 3.10. The molecule has 0 aliphatic carbocycles. The van der Waals surface area contributed by atoms with Crippen molar-refractivity contribution in [3.63, 3.8) is 0 Å².